The van der Waals surface area contributed by atoms with E-state index in [1.54, 1.807) is 6.07 Å². The van der Waals surface area contributed by atoms with Crippen LogP contribution in [-0.4, -0.2) is 39.3 Å². The van der Waals surface area contributed by atoms with Crippen LogP contribution in [0.1, 0.15) is 48.9 Å². The Bertz CT molecular complexity index is 658. The van der Waals surface area contributed by atoms with E-state index in [4.69, 9.17) is 0 Å². The van der Waals surface area contributed by atoms with Gasteiger partial charge in [0.1, 0.15) is 6.33 Å². The lowest BCUT2D eigenvalue weighted by Gasteiger charge is -2.37. The zero-order chi connectivity index (χ0) is 16.8. The summed E-state index contributed by atoms with van der Waals surface area (Å²) >= 11 is 0. The number of nitrogens with one attached hydrogen (secondary N) is 2. The lowest BCUT2D eigenvalue weighted by molar-refractivity contribution is 0.0869. The highest BCUT2D eigenvalue weighted by molar-refractivity contribution is 5.95. The van der Waals surface area contributed by atoms with Crippen LogP contribution in [0.25, 0.3) is 11.4 Å². The molecule has 1 fully saturated rings. The van der Waals surface area contributed by atoms with Crippen molar-refractivity contribution >= 4 is 5.91 Å². The maximum atomic E-state index is 12.5. The molecule has 24 heavy (non-hydrogen) atoms. The molecule has 1 aromatic heterocycles. The van der Waals surface area contributed by atoms with Crippen molar-refractivity contribution in [2.75, 3.05) is 13.2 Å². The molecule has 0 radical (unpaired) electrons. The summed E-state index contributed by atoms with van der Waals surface area (Å²) in [5.41, 5.74) is 1.49. The third-order valence-electron chi connectivity index (χ3n) is 4.99. The van der Waals surface area contributed by atoms with Crippen molar-refractivity contribution in [1.29, 1.82) is 0 Å². The fourth-order valence-corrected chi connectivity index (χ4v) is 3.58. The number of hydrogen-bond acceptors (Lipinski definition) is 4. The number of H-pyrrole nitrogens is 1. The number of carbonyl (C=O) groups is 1. The molecule has 1 aliphatic rings. The molecule has 0 unspecified atom stereocenters. The molecule has 1 heterocycles. The number of hydrogen-bond donors (Lipinski definition) is 3. The largest absolute Gasteiger partial charge is 0.396 e. The van der Waals surface area contributed by atoms with Crippen LogP contribution >= 0.6 is 0 Å². The fraction of sp³-hybridized carbons (Fsp3) is 0.500. The Hall–Kier alpha value is -2.21. The monoisotopic (exact) mass is 328 g/mol. The molecule has 0 atom stereocenters. The average Bonchev–Trinajstić information content (AvgIpc) is 3.16. The van der Waals surface area contributed by atoms with E-state index < -0.39 is 0 Å². The molecule has 2 aromatic rings. The Morgan fingerprint density at radius 1 is 1.29 bits per heavy atom. The lowest BCUT2D eigenvalue weighted by atomic mass is 9.72. The molecule has 0 aliphatic heterocycles. The molecule has 6 heteroatoms. The molecule has 1 amide bonds. The molecule has 6 nitrogen and oxygen atoms in total. The van der Waals surface area contributed by atoms with Gasteiger partial charge in [-0.25, -0.2) is 4.98 Å². The number of nitrogens with zero attached hydrogens (tertiary/aromatic N) is 2. The molecular formula is C18H24N4O2. The third kappa shape index (κ3) is 3.82. The number of aliphatic hydroxyl groups is 1. The normalized spacial score (nSPS) is 16.7. The molecule has 0 spiro atoms. The van der Waals surface area contributed by atoms with Gasteiger partial charge in [-0.2, -0.15) is 5.10 Å². The molecule has 3 rings (SSSR count). The van der Waals surface area contributed by atoms with Crippen LogP contribution in [-0.2, 0) is 0 Å². The van der Waals surface area contributed by atoms with E-state index in [-0.39, 0.29) is 17.9 Å². The van der Waals surface area contributed by atoms with E-state index in [0.717, 1.165) is 24.8 Å². The SMILES string of the molecule is O=C(NCC1(CCO)CCCCC1)c1cccc(-c2ncn[nH]2)c1. The smallest absolute Gasteiger partial charge is 0.251 e. The maximum absolute atomic E-state index is 12.5. The van der Waals surface area contributed by atoms with Gasteiger partial charge < -0.3 is 10.4 Å². The Balaban J connectivity index is 1.67. The van der Waals surface area contributed by atoms with E-state index in [0.29, 0.717) is 17.9 Å². The summed E-state index contributed by atoms with van der Waals surface area (Å²) < 4.78 is 0. The van der Waals surface area contributed by atoms with Crippen LogP contribution in [0.3, 0.4) is 0 Å². The Labute approximate surface area is 141 Å². The summed E-state index contributed by atoms with van der Waals surface area (Å²) in [5, 5.41) is 19.1. The van der Waals surface area contributed by atoms with Crippen molar-refractivity contribution in [3.05, 3.63) is 36.2 Å². The number of aliphatic hydroxyl groups excluding tert-OH is 1. The molecule has 1 aliphatic carbocycles. The second-order valence-corrected chi connectivity index (χ2v) is 6.63. The molecule has 3 N–H and O–H groups in total. The van der Waals surface area contributed by atoms with Crippen molar-refractivity contribution in [3.63, 3.8) is 0 Å². The molecule has 1 saturated carbocycles. The predicted molar refractivity (Wildman–Crippen MR) is 91.4 cm³/mol. The van der Waals surface area contributed by atoms with E-state index >= 15 is 0 Å². The highest BCUT2D eigenvalue weighted by Crippen LogP contribution is 2.38. The minimum absolute atomic E-state index is 0.0468. The third-order valence-corrected chi connectivity index (χ3v) is 4.99. The minimum atomic E-state index is -0.0840. The van der Waals surface area contributed by atoms with E-state index in [1.165, 1.54) is 25.6 Å². The summed E-state index contributed by atoms with van der Waals surface area (Å²) in [4.78, 5) is 16.7. The minimum Gasteiger partial charge on any atom is -0.396 e. The number of benzene rings is 1. The molecule has 0 saturated heterocycles. The quantitative estimate of drug-likeness (QED) is 0.760. The Kier molecular flexibility index (Phi) is 5.25. The van der Waals surface area contributed by atoms with Gasteiger partial charge in [0.05, 0.1) is 0 Å². The van der Waals surface area contributed by atoms with Crippen LogP contribution < -0.4 is 5.32 Å². The van der Waals surface area contributed by atoms with Crippen molar-refractivity contribution in [2.45, 2.75) is 38.5 Å². The van der Waals surface area contributed by atoms with Crippen LogP contribution in [0, 0.1) is 5.41 Å². The number of rotatable bonds is 6. The van der Waals surface area contributed by atoms with Crippen LogP contribution in [0.4, 0.5) is 0 Å². The zero-order valence-electron chi connectivity index (χ0n) is 13.8. The fourth-order valence-electron chi connectivity index (χ4n) is 3.58. The lowest BCUT2D eigenvalue weighted by Crippen LogP contribution is -2.39. The molecular weight excluding hydrogens is 304 g/mol. The summed E-state index contributed by atoms with van der Waals surface area (Å²) in [7, 11) is 0. The van der Waals surface area contributed by atoms with Crippen molar-refractivity contribution in [3.8, 4) is 11.4 Å². The highest BCUT2D eigenvalue weighted by Gasteiger charge is 2.31. The Morgan fingerprint density at radius 3 is 2.83 bits per heavy atom. The van der Waals surface area contributed by atoms with E-state index in [2.05, 4.69) is 20.5 Å². The first-order valence-electron chi connectivity index (χ1n) is 8.57. The summed E-state index contributed by atoms with van der Waals surface area (Å²) in [6, 6.07) is 7.35. The first-order chi connectivity index (χ1) is 11.7. The summed E-state index contributed by atoms with van der Waals surface area (Å²) in [6.07, 6.45) is 7.96. The highest BCUT2D eigenvalue weighted by atomic mass is 16.3. The van der Waals surface area contributed by atoms with Gasteiger partial charge in [0, 0.05) is 24.3 Å². The number of aromatic nitrogens is 3. The number of carbonyl (C=O) groups excluding carboxylic acids is 1. The van der Waals surface area contributed by atoms with Crippen molar-refractivity contribution in [2.24, 2.45) is 5.41 Å². The first kappa shape index (κ1) is 16.6. The second-order valence-electron chi connectivity index (χ2n) is 6.63. The van der Waals surface area contributed by atoms with Gasteiger partial charge in [0.15, 0.2) is 5.82 Å². The molecule has 0 bridgehead atoms. The van der Waals surface area contributed by atoms with Crippen LogP contribution in [0.2, 0.25) is 0 Å². The van der Waals surface area contributed by atoms with Crippen molar-refractivity contribution in [1.82, 2.24) is 20.5 Å². The second kappa shape index (κ2) is 7.57. The molecule has 1 aromatic carbocycles. The summed E-state index contributed by atoms with van der Waals surface area (Å²) in [6.45, 7) is 0.801. The van der Waals surface area contributed by atoms with Gasteiger partial charge in [-0.1, -0.05) is 31.4 Å². The van der Waals surface area contributed by atoms with Gasteiger partial charge >= 0.3 is 0 Å². The van der Waals surface area contributed by atoms with E-state index in [1.807, 2.05) is 18.2 Å². The topological polar surface area (TPSA) is 90.9 Å². The average molecular weight is 328 g/mol. The maximum Gasteiger partial charge on any atom is 0.251 e. The van der Waals surface area contributed by atoms with E-state index in [9.17, 15) is 9.90 Å². The number of amides is 1. The van der Waals surface area contributed by atoms with Crippen molar-refractivity contribution < 1.29 is 9.90 Å². The predicted octanol–water partition coefficient (Wildman–Crippen LogP) is 2.53. The van der Waals surface area contributed by atoms with Crippen LogP contribution in [0.15, 0.2) is 30.6 Å². The van der Waals surface area contributed by atoms with Gasteiger partial charge in [-0.15, -0.1) is 0 Å². The van der Waals surface area contributed by atoms with Gasteiger partial charge in [-0.3, -0.25) is 9.89 Å². The summed E-state index contributed by atoms with van der Waals surface area (Å²) in [5.74, 6) is 0.563. The van der Waals surface area contributed by atoms with Gasteiger partial charge in [-0.05, 0) is 36.8 Å². The van der Waals surface area contributed by atoms with Gasteiger partial charge in [0.25, 0.3) is 5.91 Å². The molecule has 128 valence electrons. The first-order valence-corrected chi connectivity index (χ1v) is 8.57. The zero-order valence-corrected chi connectivity index (χ0v) is 13.8. The standard InChI is InChI=1S/C18H24N4O2/c23-10-9-18(7-2-1-3-8-18)12-19-17(24)15-6-4-5-14(11-15)16-20-13-21-22-16/h4-6,11,13,23H,1-3,7-10,12H2,(H,19,24)(H,20,21,22). The van der Waals surface area contributed by atoms with Crippen LogP contribution in [0.5, 0.6) is 0 Å². The Morgan fingerprint density at radius 2 is 2.12 bits per heavy atom. The number of aromatic amines is 1. The van der Waals surface area contributed by atoms with Gasteiger partial charge in [0.2, 0.25) is 0 Å².